The summed E-state index contributed by atoms with van der Waals surface area (Å²) < 4.78 is 11.9. The van der Waals surface area contributed by atoms with Gasteiger partial charge in [0.25, 0.3) is 5.56 Å². The summed E-state index contributed by atoms with van der Waals surface area (Å²) in [6.45, 7) is -0.370. The quantitative estimate of drug-likeness (QED) is 0.609. The van der Waals surface area contributed by atoms with Crippen LogP contribution in [0.4, 0.5) is 0 Å². The summed E-state index contributed by atoms with van der Waals surface area (Å²) in [4.78, 5) is 26.6. The number of hydrogen-bond donors (Lipinski definition) is 3. The van der Waals surface area contributed by atoms with Gasteiger partial charge in [0.2, 0.25) is 0 Å². The largest absolute Gasteiger partial charge is 0.394 e. The first-order chi connectivity index (χ1) is 13.1. The summed E-state index contributed by atoms with van der Waals surface area (Å²) in [7, 11) is 0. The summed E-state index contributed by atoms with van der Waals surface area (Å²) in [5.74, 6) is 0.195. The van der Waals surface area contributed by atoms with Crippen molar-refractivity contribution < 1.29 is 19.5 Å². The molecule has 1 aliphatic heterocycles. The second-order valence-corrected chi connectivity index (χ2v) is 6.27. The SMILES string of the molecule is O=c1[nH]c(=O)n([C@H]2C[C@H](O)[C@@H](CO)O2)cc1-c1cc(-c2ccccc2)no1. The van der Waals surface area contributed by atoms with Crippen molar-refractivity contribution >= 4 is 0 Å². The second kappa shape index (κ2) is 6.95. The molecule has 2 aromatic heterocycles. The van der Waals surface area contributed by atoms with Gasteiger partial charge in [-0.3, -0.25) is 14.3 Å². The molecule has 140 valence electrons. The fourth-order valence-electron chi connectivity index (χ4n) is 3.07. The van der Waals surface area contributed by atoms with Crippen molar-refractivity contribution in [3.05, 3.63) is 63.4 Å². The molecule has 4 rings (SSSR count). The molecule has 27 heavy (non-hydrogen) atoms. The Balaban J connectivity index is 1.71. The van der Waals surface area contributed by atoms with E-state index in [0.717, 1.165) is 5.56 Å². The predicted octanol–water partition coefficient (Wildman–Crippen LogP) is 0.499. The molecule has 3 aromatic rings. The minimum Gasteiger partial charge on any atom is -0.394 e. The van der Waals surface area contributed by atoms with Gasteiger partial charge in [-0.25, -0.2) is 4.79 Å². The first-order valence-electron chi connectivity index (χ1n) is 8.39. The Morgan fingerprint density at radius 1 is 1.26 bits per heavy atom. The molecule has 0 aliphatic carbocycles. The van der Waals surface area contributed by atoms with E-state index in [0.29, 0.717) is 5.69 Å². The van der Waals surface area contributed by atoms with Crippen molar-refractivity contribution in [2.75, 3.05) is 6.61 Å². The van der Waals surface area contributed by atoms with Crippen LogP contribution < -0.4 is 11.2 Å². The summed E-state index contributed by atoms with van der Waals surface area (Å²) in [5, 5.41) is 23.1. The highest BCUT2D eigenvalue weighted by molar-refractivity contribution is 5.65. The van der Waals surface area contributed by atoms with Gasteiger partial charge in [0.1, 0.15) is 23.6 Å². The molecule has 9 heteroatoms. The van der Waals surface area contributed by atoms with Gasteiger partial charge in [-0.1, -0.05) is 35.5 Å². The minimum atomic E-state index is -0.905. The van der Waals surface area contributed by atoms with E-state index in [-0.39, 0.29) is 24.4 Å². The number of rotatable bonds is 4. The third-order valence-electron chi connectivity index (χ3n) is 4.51. The van der Waals surface area contributed by atoms with E-state index < -0.39 is 29.7 Å². The minimum absolute atomic E-state index is 0.106. The topological polar surface area (TPSA) is 131 Å². The van der Waals surface area contributed by atoms with Gasteiger partial charge < -0.3 is 19.5 Å². The normalized spacial score (nSPS) is 22.2. The maximum atomic E-state index is 12.3. The van der Waals surface area contributed by atoms with Gasteiger partial charge in [-0.05, 0) is 0 Å². The van der Waals surface area contributed by atoms with E-state index in [1.165, 1.54) is 10.8 Å². The van der Waals surface area contributed by atoms with Crippen molar-refractivity contribution in [1.82, 2.24) is 14.7 Å². The smallest absolute Gasteiger partial charge is 0.330 e. The molecule has 0 spiro atoms. The number of nitrogens with one attached hydrogen (secondary N) is 1. The third kappa shape index (κ3) is 3.23. The Bertz CT molecular complexity index is 1050. The number of benzene rings is 1. The zero-order valence-electron chi connectivity index (χ0n) is 14.1. The molecule has 1 saturated heterocycles. The third-order valence-corrected chi connectivity index (χ3v) is 4.51. The maximum absolute atomic E-state index is 12.3. The fraction of sp³-hybridized carbons (Fsp3) is 0.278. The Hall–Kier alpha value is -3.01. The number of H-pyrrole nitrogens is 1. The monoisotopic (exact) mass is 371 g/mol. The molecule has 1 aromatic carbocycles. The van der Waals surface area contributed by atoms with Gasteiger partial charge in [0.15, 0.2) is 5.76 Å². The predicted molar refractivity (Wildman–Crippen MR) is 93.9 cm³/mol. The van der Waals surface area contributed by atoms with Crippen LogP contribution in [0.2, 0.25) is 0 Å². The van der Waals surface area contributed by atoms with Crippen LogP contribution in [0.1, 0.15) is 12.6 Å². The maximum Gasteiger partial charge on any atom is 0.330 e. The van der Waals surface area contributed by atoms with Crippen LogP contribution >= 0.6 is 0 Å². The molecular formula is C18H17N3O6. The van der Waals surface area contributed by atoms with E-state index in [9.17, 15) is 19.8 Å². The Morgan fingerprint density at radius 2 is 2.04 bits per heavy atom. The molecule has 3 N–H and O–H groups in total. The van der Waals surface area contributed by atoms with Gasteiger partial charge >= 0.3 is 5.69 Å². The van der Waals surface area contributed by atoms with Gasteiger partial charge in [0.05, 0.1) is 12.7 Å². The van der Waals surface area contributed by atoms with Gasteiger partial charge in [-0.15, -0.1) is 0 Å². The van der Waals surface area contributed by atoms with Crippen LogP contribution in [0, 0.1) is 0 Å². The molecule has 1 aliphatic rings. The van der Waals surface area contributed by atoms with Crippen molar-refractivity contribution in [3.63, 3.8) is 0 Å². The average molecular weight is 371 g/mol. The molecule has 0 unspecified atom stereocenters. The Morgan fingerprint density at radius 3 is 2.74 bits per heavy atom. The van der Waals surface area contributed by atoms with Crippen LogP contribution in [-0.2, 0) is 4.74 Å². The fourth-order valence-corrected chi connectivity index (χ4v) is 3.07. The number of aromatic amines is 1. The van der Waals surface area contributed by atoms with Crippen LogP contribution in [0.25, 0.3) is 22.6 Å². The first kappa shape index (κ1) is 17.4. The number of aromatic nitrogens is 3. The molecule has 0 amide bonds. The van der Waals surface area contributed by atoms with Crippen molar-refractivity contribution in [2.45, 2.75) is 24.9 Å². The zero-order chi connectivity index (χ0) is 19.0. The van der Waals surface area contributed by atoms with Gasteiger partial charge in [0, 0.05) is 24.2 Å². The number of nitrogens with zero attached hydrogens (tertiary/aromatic N) is 2. The first-order valence-corrected chi connectivity index (χ1v) is 8.39. The molecular weight excluding hydrogens is 354 g/mol. The number of ether oxygens (including phenoxy) is 1. The lowest BCUT2D eigenvalue weighted by molar-refractivity contribution is -0.0458. The highest BCUT2D eigenvalue weighted by Crippen LogP contribution is 2.29. The van der Waals surface area contributed by atoms with Crippen LogP contribution in [0.5, 0.6) is 0 Å². The molecule has 0 bridgehead atoms. The van der Waals surface area contributed by atoms with Crippen LogP contribution in [0.15, 0.2) is 56.7 Å². The standard InChI is InChI=1S/C18H17N3O6/c22-9-15-13(23)7-16(26-15)21-8-11(17(24)19-18(21)25)14-6-12(20-27-14)10-4-2-1-3-5-10/h1-6,8,13,15-16,22-23H,7,9H2,(H,19,24,25)/t13-,15+,16+/m0/s1. The summed E-state index contributed by atoms with van der Waals surface area (Å²) in [5.41, 5.74) is 0.183. The van der Waals surface area contributed by atoms with E-state index in [4.69, 9.17) is 9.26 Å². The van der Waals surface area contributed by atoms with Crippen molar-refractivity contribution in [2.24, 2.45) is 0 Å². The second-order valence-electron chi connectivity index (χ2n) is 6.27. The number of aliphatic hydroxyl groups is 2. The molecule has 1 fully saturated rings. The van der Waals surface area contributed by atoms with Crippen LogP contribution in [-0.4, -0.2) is 43.7 Å². The highest BCUT2D eigenvalue weighted by Gasteiger charge is 2.35. The lowest BCUT2D eigenvalue weighted by Crippen LogP contribution is -2.33. The van der Waals surface area contributed by atoms with E-state index in [1.807, 2.05) is 30.3 Å². The molecule has 3 heterocycles. The lowest BCUT2D eigenvalue weighted by Gasteiger charge is -2.14. The van der Waals surface area contributed by atoms with Crippen molar-refractivity contribution in [3.8, 4) is 22.6 Å². The van der Waals surface area contributed by atoms with E-state index >= 15 is 0 Å². The van der Waals surface area contributed by atoms with Crippen LogP contribution in [0.3, 0.4) is 0 Å². The van der Waals surface area contributed by atoms with Crippen molar-refractivity contribution in [1.29, 1.82) is 0 Å². The summed E-state index contributed by atoms with van der Waals surface area (Å²) in [6.07, 6.45) is -1.07. The molecule has 0 saturated carbocycles. The zero-order valence-corrected chi connectivity index (χ0v) is 14.1. The highest BCUT2D eigenvalue weighted by atomic mass is 16.5. The van der Waals surface area contributed by atoms with E-state index in [1.54, 1.807) is 6.07 Å². The van der Waals surface area contributed by atoms with Gasteiger partial charge in [-0.2, -0.15) is 0 Å². The molecule has 0 radical (unpaired) electrons. The van der Waals surface area contributed by atoms with E-state index in [2.05, 4.69) is 10.1 Å². The number of hydrogen-bond acceptors (Lipinski definition) is 7. The summed E-state index contributed by atoms with van der Waals surface area (Å²) in [6, 6.07) is 10.9. The molecule has 3 atom stereocenters. The Kier molecular flexibility index (Phi) is 4.48. The lowest BCUT2D eigenvalue weighted by atomic mass is 10.1. The average Bonchev–Trinajstić information content (AvgIpc) is 3.29. The molecule has 9 nitrogen and oxygen atoms in total. The Labute approximate surface area is 152 Å². The summed E-state index contributed by atoms with van der Waals surface area (Å²) >= 11 is 0. The number of aliphatic hydroxyl groups excluding tert-OH is 2.